The van der Waals surface area contributed by atoms with Crippen LogP contribution in [0.5, 0.6) is 0 Å². The molecule has 1 aromatic heterocycles. The van der Waals surface area contributed by atoms with Crippen molar-refractivity contribution in [2.45, 2.75) is 32.9 Å². The van der Waals surface area contributed by atoms with Gasteiger partial charge in [0.1, 0.15) is 6.04 Å². The Bertz CT molecular complexity index is 1110. The normalized spacial score (nSPS) is 12.4. The second-order valence-electron chi connectivity index (χ2n) is 6.92. The fraction of sp³-hybridized carbons (Fsp3) is 0.286. The fourth-order valence-electron chi connectivity index (χ4n) is 3.14. The number of aryl methyl sites for hydroxylation is 1. The smallest absolute Gasteiger partial charge is 0.246 e. The molecule has 1 heterocycles. The molecular formula is C21H24N4O4S. The molecule has 0 saturated heterocycles. The van der Waals surface area contributed by atoms with Crippen LogP contribution in [0.1, 0.15) is 24.8 Å². The molecule has 3 rings (SSSR count). The number of nitrogens with one attached hydrogen (secondary N) is 1. The minimum atomic E-state index is -3.67. The number of benzene rings is 2. The summed E-state index contributed by atoms with van der Waals surface area (Å²) in [6, 6.07) is 15.3. The van der Waals surface area contributed by atoms with Crippen molar-refractivity contribution < 1.29 is 17.7 Å². The lowest BCUT2D eigenvalue weighted by Gasteiger charge is -2.29. The van der Waals surface area contributed by atoms with E-state index in [4.69, 9.17) is 4.52 Å². The van der Waals surface area contributed by atoms with Gasteiger partial charge < -0.3 is 9.84 Å². The topological polar surface area (TPSA) is 105 Å². The van der Waals surface area contributed by atoms with E-state index in [-0.39, 0.29) is 12.4 Å². The Kier molecular flexibility index (Phi) is 6.51. The van der Waals surface area contributed by atoms with Crippen molar-refractivity contribution in [2.75, 3.05) is 10.6 Å². The maximum absolute atomic E-state index is 12.8. The zero-order valence-corrected chi connectivity index (χ0v) is 17.9. The van der Waals surface area contributed by atoms with Crippen LogP contribution in [0.3, 0.4) is 0 Å². The highest BCUT2D eigenvalue weighted by Gasteiger charge is 2.31. The van der Waals surface area contributed by atoms with Crippen LogP contribution in [-0.2, 0) is 21.4 Å². The van der Waals surface area contributed by atoms with Crippen molar-refractivity contribution in [1.82, 2.24) is 15.5 Å². The molecule has 158 valence electrons. The van der Waals surface area contributed by atoms with Crippen LogP contribution < -0.4 is 9.62 Å². The third kappa shape index (κ3) is 5.04. The molecule has 0 spiro atoms. The maximum Gasteiger partial charge on any atom is 0.246 e. The van der Waals surface area contributed by atoms with Gasteiger partial charge in [-0.25, -0.2) is 8.42 Å². The number of amides is 1. The van der Waals surface area contributed by atoms with E-state index in [1.165, 1.54) is 0 Å². The summed E-state index contributed by atoms with van der Waals surface area (Å²) in [6.07, 6.45) is 1.38. The molecule has 0 saturated carbocycles. The number of carbonyl (C=O) groups excluding carboxylic acids is 1. The second kappa shape index (κ2) is 9.08. The molecule has 9 heteroatoms. The highest BCUT2D eigenvalue weighted by molar-refractivity contribution is 7.92. The SMILES string of the molecule is CCC(C(=O)NCc1nc(-c2cccc(C)c2)no1)N(c1ccccc1)S(C)(=O)=O. The average Bonchev–Trinajstić information content (AvgIpc) is 3.19. The van der Waals surface area contributed by atoms with Crippen LogP contribution in [0, 0.1) is 6.92 Å². The van der Waals surface area contributed by atoms with Crippen molar-refractivity contribution >= 4 is 21.6 Å². The molecule has 1 unspecified atom stereocenters. The van der Waals surface area contributed by atoms with Crippen LogP contribution in [-0.4, -0.2) is 36.8 Å². The molecule has 0 aliphatic carbocycles. The number of carbonyl (C=O) groups is 1. The van der Waals surface area contributed by atoms with Crippen LogP contribution in [0.15, 0.2) is 59.1 Å². The van der Waals surface area contributed by atoms with Gasteiger partial charge in [0.2, 0.25) is 27.6 Å². The standard InChI is InChI=1S/C21H24N4O4S/c1-4-18(25(30(3,27)28)17-11-6-5-7-12-17)21(26)22-14-19-23-20(24-29-19)16-10-8-9-15(2)13-16/h5-13,18H,4,14H2,1-3H3,(H,22,26). The summed E-state index contributed by atoms with van der Waals surface area (Å²) in [5.74, 6) is 0.222. The average molecular weight is 429 g/mol. The quantitative estimate of drug-likeness (QED) is 0.591. The van der Waals surface area contributed by atoms with Gasteiger partial charge in [-0.1, -0.05) is 54.0 Å². The summed E-state index contributed by atoms with van der Waals surface area (Å²) >= 11 is 0. The maximum atomic E-state index is 12.8. The van der Waals surface area contributed by atoms with Gasteiger partial charge in [0.05, 0.1) is 18.5 Å². The molecule has 0 bridgehead atoms. The Morgan fingerprint density at radius 1 is 1.17 bits per heavy atom. The van der Waals surface area contributed by atoms with Gasteiger partial charge in [0, 0.05) is 5.56 Å². The van der Waals surface area contributed by atoms with E-state index in [2.05, 4.69) is 15.5 Å². The fourth-order valence-corrected chi connectivity index (χ4v) is 4.36. The summed E-state index contributed by atoms with van der Waals surface area (Å²) in [5, 5.41) is 6.66. The number of hydrogen-bond donors (Lipinski definition) is 1. The zero-order chi connectivity index (χ0) is 21.7. The first kappa shape index (κ1) is 21.5. The van der Waals surface area contributed by atoms with Gasteiger partial charge in [0.25, 0.3) is 0 Å². The molecule has 0 radical (unpaired) electrons. The molecule has 3 aromatic rings. The molecule has 1 N–H and O–H groups in total. The highest BCUT2D eigenvalue weighted by atomic mass is 32.2. The van der Waals surface area contributed by atoms with Crippen molar-refractivity contribution in [3.63, 3.8) is 0 Å². The summed E-state index contributed by atoms with van der Waals surface area (Å²) in [5.41, 5.74) is 2.32. The van der Waals surface area contributed by atoms with Crippen LogP contribution >= 0.6 is 0 Å². The largest absolute Gasteiger partial charge is 0.345 e. The van der Waals surface area contributed by atoms with Gasteiger partial charge in [0.15, 0.2) is 0 Å². The predicted octanol–water partition coefficient (Wildman–Crippen LogP) is 2.91. The zero-order valence-electron chi connectivity index (χ0n) is 17.1. The number of aromatic nitrogens is 2. The lowest BCUT2D eigenvalue weighted by atomic mass is 10.1. The molecular weight excluding hydrogens is 404 g/mol. The first-order chi connectivity index (χ1) is 14.3. The van der Waals surface area contributed by atoms with E-state index in [0.717, 1.165) is 21.7 Å². The lowest BCUT2D eigenvalue weighted by molar-refractivity contribution is -0.122. The number of nitrogens with zero attached hydrogens (tertiary/aromatic N) is 3. The van der Waals surface area contributed by atoms with Crippen molar-refractivity contribution in [3.05, 3.63) is 66.1 Å². The summed E-state index contributed by atoms with van der Waals surface area (Å²) < 4.78 is 31.2. The molecule has 0 aliphatic rings. The lowest BCUT2D eigenvalue weighted by Crippen LogP contribution is -2.49. The molecule has 0 aliphatic heterocycles. The van der Waals surface area contributed by atoms with E-state index in [1.54, 1.807) is 37.3 Å². The Hall–Kier alpha value is -3.20. The van der Waals surface area contributed by atoms with Crippen LogP contribution in [0.4, 0.5) is 5.69 Å². The Balaban J connectivity index is 1.74. The second-order valence-corrected chi connectivity index (χ2v) is 8.78. The number of hydrogen-bond acceptors (Lipinski definition) is 6. The van der Waals surface area contributed by atoms with E-state index in [0.29, 0.717) is 17.9 Å². The Morgan fingerprint density at radius 3 is 2.53 bits per heavy atom. The van der Waals surface area contributed by atoms with Crippen molar-refractivity contribution in [1.29, 1.82) is 0 Å². The molecule has 8 nitrogen and oxygen atoms in total. The number of rotatable bonds is 8. The summed E-state index contributed by atoms with van der Waals surface area (Å²) in [7, 11) is -3.67. The van der Waals surface area contributed by atoms with Gasteiger partial charge in [-0.05, 0) is 31.5 Å². The number of para-hydroxylation sites is 1. The number of sulfonamides is 1. The summed E-state index contributed by atoms with van der Waals surface area (Å²) in [4.78, 5) is 17.1. The predicted molar refractivity (Wildman–Crippen MR) is 114 cm³/mol. The third-order valence-corrected chi connectivity index (χ3v) is 5.68. The van der Waals surface area contributed by atoms with Crippen LogP contribution in [0.2, 0.25) is 0 Å². The van der Waals surface area contributed by atoms with Crippen molar-refractivity contribution in [2.24, 2.45) is 0 Å². The Labute approximate surface area is 176 Å². The third-order valence-electron chi connectivity index (χ3n) is 4.50. The molecule has 30 heavy (non-hydrogen) atoms. The minimum Gasteiger partial charge on any atom is -0.345 e. The number of anilines is 1. The van der Waals surface area contributed by atoms with Gasteiger partial charge >= 0.3 is 0 Å². The summed E-state index contributed by atoms with van der Waals surface area (Å²) in [6.45, 7) is 3.73. The van der Waals surface area contributed by atoms with E-state index in [9.17, 15) is 13.2 Å². The van der Waals surface area contributed by atoms with Crippen LogP contribution in [0.25, 0.3) is 11.4 Å². The molecule has 1 atom stereocenters. The monoisotopic (exact) mass is 428 g/mol. The first-order valence-corrected chi connectivity index (χ1v) is 11.4. The Morgan fingerprint density at radius 2 is 1.90 bits per heavy atom. The van der Waals surface area contributed by atoms with Crippen molar-refractivity contribution in [3.8, 4) is 11.4 Å². The van der Waals surface area contributed by atoms with Gasteiger partial charge in [-0.3, -0.25) is 9.10 Å². The van der Waals surface area contributed by atoms with Gasteiger partial charge in [-0.15, -0.1) is 0 Å². The van der Waals surface area contributed by atoms with E-state index < -0.39 is 22.0 Å². The molecule has 2 aromatic carbocycles. The highest BCUT2D eigenvalue weighted by Crippen LogP contribution is 2.22. The van der Waals surface area contributed by atoms with E-state index in [1.807, 2.05) is 31.2 Å². The van der Waals surface area contributed by atoms with E-state index >= 15 is 0 Å². The first-order valence-electron chi connectivity index (χ1n) is 9.51. The minimum absolute atomic E-state index is 0.000536. The van der Waals surface area contributed by atoms with Gasteiger partial charge in [-0.2, -0.15) is 4.98 Å². The molecule has 0 fully saturated rings. The molecule has 1 amide bonds.